The van der Waals surface area contributed by atoms with E-state index in [-0.39, 0.29) is 12.3 Å². The Hall–Kier alpha value is -2.00. The average molecular weight is 289 g/mol. The topological polar surface area (TPSA) is 59.4 Å². The summed E-state index contributed by atoms with van der Waals surface area (Å²) in [5, 5.41) is 8.52. The lowest BCUT2D eigenvalue weighted by Gasteiger charge is -2.12. The van der Waals surface area contributed by atoms with Gasteiger partial charge in [-0.05, 0) is 0 Å². The molecule has 0 amide bonds. The van der Waals surface area contributed by atoms with Gasteiger partial charge in [-0.1, -0.05) is 0 Å². The van der Waals surface area contributed by atoms with E-state index >= 15 is 0 Å². The minimum atomic E-state index is -5.05. The van der Waals surface area contributed by atoms with Crippen molar-refractivity contribution >= 4 is 5.97 Å². The highest BCUT2D eigenvalue weighted by atomic mass is 19.4. The van der Waals surface area contributed by atoms with Crippen LogP contribution in [0.2, 0.25) is 0 Å². The number of pyridine rings is 1. The summed E-state index contributed by atoms with van der Waals surface area (Å²) >= 11 is 0. The fourth-order valence-electron chi connectivity index (χ4n) is 1.08. The molecular formula is C9H5F6NO3. The highest BCUT2D eigenvalue weighted by Crippen LogP contribution is 2.33. The summed E-state index contributed by atoms with van der Waals surface area (Å²) < 4.78 is 76.9. The van der Waals surface area contributed by atoms with Crippen molar-refractivity contribution < 1.29 is 41.0 Å². The van der Waals surface area contributed by atoms with Crippen LogP contribution in [-0.2, 0) is 6.18 Å². The van der Waals surface area contributed by atoms with Crippen molar-refractivity contribution in [2.45, 2.75) is 12.4 Å². The van der Waals surface area contributed by atoms with Crippen LogP contribution < -0.4 is 4.74 Å². The molecule has 0 aromatic carbocycles. The lowest BCUT2D eigenvalue weighted by atomic mass is 10.1. The van der Waals surface area contributed by atoms with Crippen LogP contribution in [-0.4, -0.2) is 28.8 Å². The number of halogens is 6. The SMILES string of the molecule is O=C(O)c1cnc(OCC(F)(F)F)cc1C(F)(F)F. The molecule has 0 bridgehead atoms. The third kappa shape index (κ3) is 4.30. The zero-order chi connectivity index (χ0) is 14.8. The van der Waals surface area contributed by atoms with Gasteiger partial charge in [0.05, 0.1) is 11.1 Å². The maximum Gasteiger partial charge on any atom is 0.422 e. The first-order valence-electron chi connectivity index (χ1n) is 4.51. The Morgan fingerprint density at radius 1 is 1.26 bits per heavy atom. The zero-order valence-corrected chi connectivity index (χ0v) is 8.84. The summed E-state index contributed by atoms with van der Waals surface area (Å²) in [5.41, 5.74) is -2.81. The van der Waals surface area contributed by atoms with Crippen molar-refractivity contribution in [3.8, 4) is 5.88 Å². The van der Waals surface area contributed by atoms with Crippen LogP contribution in [0.15, 0.2) is 12.3 Å². The van der Waals surface area contributed by atoms with Crippen molar-refractivity contribution in [1.29, 1.82) is 0 Å². The molecule has 1 N–H and O–H groups in total. The van der Waals surface area contributed by atoms with E-state index in [1.165, 1.54) is 0 Å². The molecule has 10 heteroatoms. The van der Waals surface area contributed by atoms with Gasteiger partial charge in [0.25, 0.3) is 0 Å². The van der Waals surface area contributed by atoms with Gasteiger partial charge in [0.2, 0.25) is 5.88 Å². The van der Waals surface area contributed by atoms with Crippen LogP contribution in [0, 0.1) is 0 Å². The number of carboxylic acids is 1. The van der Waals surface area contributed by atoms with E-state index in [9.17, 15) is 31.1 Å². The Balaban J connectivity index is 3.09. The molecule has 0 spiro atoms. The highest BCUT2D eigenvalue weighted by molar-refractivity contribution is 5.89. The number of hydrogen-bond donors (Lipinski definition) is 1. The minimum Gasteiger partial charge on any atom is -0.478 e. The molecule has 1 rings (SSSR count). The van der Waals surface area contributed by atoms with E-state index < -0.39 is 41.9 Å². The maximum atomic E-state index is 12.5. The predicted octanol–water partition coefficient (Wildman–Crippen LogP) is 2.74. The number of ether oxygens (including phenoxy) is 1. The molecule has 0 aliphatic heterocycles. The molecule has 0 aliphatic rings. The van der Waals surface area contributed by atoms with E-state index in [2.05, 4.69) is 9.72 Å². The van der Waals surface area contributed by atoms with E-state index in [1.807, 2.05) is 0 Å². The number of aromatic nitrogens is 1. The van der Waals surface area contributed by atoms with Crippen molar-refractivity contribution in [3.05, 3.63) is 23.4 Å². The Bertz CT molecular complexity index is 482. The van der Waals surface area contributed by atoms with Crippen LogP contribution in [0.1, 0.15) is 15.9 Å². The smallest absolute Gasteiger partial charge is 0.422 e. The predicted molar refractivity (Wildman–Crippen MR) is 47.7 cm³/mol. The molecule has 0 fully saturated rings. The zero-order valence-electron chi connectivity index (χ0n) is 8.84. The number of nitrogens with zero attached hydrogens (tertiary/aromatic N) is 1. The standard InChI is InChI=1S/C9H5F6NO3/c10-8(11,12)3-19-6-1-5(9(13,14)15)4(2-16-6)7(17)18/h1-2H,3H2,(H,17,18). The number of carboxylic acid groups (broad SMARTS) is 1. The van der Waals surface area contributed by atoms with E-state index in [0.29, 0.717) is 0 Å². The second kappa shape index (κ2) is 4.94. The largest absolute Gasteiger partial charge is 0.478 e. The van der Waals surface area contributed by atoms with Crippen LogP contribution in [0.3, 0.4) is 0 Å². The average Bonchev–Trinajstić information content (AvgIpc) is 2.23. The van der Waals surface area contributed by atoms with Crippen LogP contribution >= 0.6 is 0 Å². The van der Waals surface area contributed by atoms with Gasteiger partial charge in [0.1, 0.15) is 0 Å². The van der Waals surface area contributed by atoms with Gasteiger partial charge in [-0.2, -0.15) is 26.3 Å². The molecule has 0 saturated heterocycles. The first-order chi connectivity index (χ1) is 8.50. The van der Waals surface area contributed by atoms with Crippen molar-refractivity contribution in [3.63, 3.8) is 0 Å². The fourth-order valence-corrected chi connectivity index (χ4v) is 1.08. The monoisotopic (exact) mass is 289 g/mol. The lowest BCUT2D eigenvalue weighted by molar-refractivity contribution is -0.154. The second-order valence-corrected chi connectivity index (χ2v) is 3.27. The quantitative estimate of drug-likeness (QED) is 0.869. The maximum absolute atomic E-state index is 12.5. The molecular weight excluding hydrogens is 284 g/mol. The minimum absolute atomic E-state index is 0.106. The van der Waals surface area contributed by atoms with Crippen molar-refractivity contribution in [2.24, 2.45) is 0 Å². The molecule has 4 nitrogen and oxygen atoms in total. The molecule has 19 heavy (non-hydrogen) atoms. The van der Waals surface area contributed by atoms with Gasteiger partial charge in [-0.25, -0.2) is 9.78 Å². The molecule has 1 aromatic rings. The van der Waals surface area contributed by atoms with Gasteiger partial charge in [0, 0.05) is 12.3 Å². The number of carbonyl (C=O) groups is 1. The first kappa shape index (κ1) is 15.1. The number of aromatic carboxylic acids is 1. The van der Waals surface area contributed by atoms with Crippen molar-refractivity contribution in [1.82, 2.24) is 4.98 Å². The molecule has 0 atom stereocenters. The summed E-state index contributed by atoms with van der Waals surface area (Å²) in [4.78, 5) is 13.6. The number of rotatable bonds is 3. The van der Waals surface area contributed by atoms with Crippen LogP contribution in [0.4, 0.5) is 26.3 Å². The summed E-state index contributed by atoms with van der Waals surface area (Å²) in [6, 6.07) is 0.106. The van der Waals surface area contributed by atoms with E-state index in [0.717, 1.165) is 0 Å². The Morgan fingerprint density at radius 3 is 2.26 bits per heavy atom. The fraction of sp³-hybridized carbons (Fsp3) is 0.333. The summed E-state index contributed by atoms with van der Waals surface area (Å²) in [6.07, 6.45) is -9.50. The molecule has 0 aliphatic carbocycles. The van der Waals surface area contributed by atoms with Crippen molar-refractivity contribution in [2.75, 3.05) is 6.61 Å². The van der Waals surface area contributed by atoms with E-state index in [1.54, 1.807) is 0 Å². The normalized spacial score (nSPS) is 12.3. The highest BCUT2D eigenvalue weighted by Gasteiger charge is 2.37. The number of hydrogen-bond acceptors (Lipinski definition) is 3. The third-order valence-corrected chi connectivity index (χ3v) is 1.80. The van der Waals surface area contributed by atoms with Crippen LogP contribution in [0.25, 0.3) is 0 Å². The molecule has 0 radical (unpaired) electrons. The van der Waals surface area contributed by atoms with Gasteiger partial charge in [0.15, 0.2) is 6.61 Å². The molecule has 106 valence electrons. The van der Waals surface area contributed by atoms with Crippen LogP contribution in [0.5, 0.6) is 5.88 Å². The van der Waals surface area contributed by atoms with Gasteiger partial charge >= 0.3 is 18.3 Å². The molecule has 0 unspecified atom stereocenters. The Kier molecular flexibility index (Phi) is 3.91. The second-order valence-electron chi connectivity index (χ2n) is 3.27. The van der Waals surface area contributed by atoms with Gasteiger partial charge < -0.3 is 9.84 Å². The molecule has 1 heterocycles. The van der Waals surface area contributed by atoms with Gasteiger partial charge in [-0.15, -0.1) is 0 Å². The Labute approximate surface area is 101 Å². The summed E-state index contributed by atoms with van der Waals surface area (Å²) in [7, 11) is 0. The van der Waals surface area contributed by atoms with E-state index in [4.69, 9.17) is 5.11 Å². The summed E-state index contributed by atoms with van der Waals surface area (Å²) in [5.74, 6) is -2.86. The molecule has 0 saturated carbocycles. The van der Waals surface area contributed by atoms with Gasteiger partial charge in [-0.3, -0.25) is 0 Å². The number of alkyl halides is 6. The molecule has 1 aromatic heterocycles. The summed E-state index contributed by atoms with van der Waals surface area (Å²) in [6.45, 7) is -1.83. The lowest BCUT2D eigenvalue weighted by Crippen LogP contribution is -2.20. The first-order valence-corrected chi connectivity index (χ1v) is 4.51. The Morgan fingerprint density at radius 2 is 1.84 bits per heavy atom. The third-order valence-electron chi connectivity index (χ3n) is 1.80.